The molecule has 120 valence electrons. The summed E-state index contributed by atoms with van der Waals surface area (Å²) in [4.78, 5) is 6.90. The van der Waals surface area contributed by atoms with E-state index >= 15 is 0 Å². The number of likely N-dealkylation sites (N-methyl/N-ethyl adjacent to an activating group) is 1. The van der Waals surface area contributed by atoms with Gasteiger partial charge in [0.25, 0.3) is 0 Å². The van der Waals surface area contributed by atoms with Gasteiger partial charge in [0, 0.05) is 12.6 Å². The Bertz CT molecular complexity index is 560. The highest BCUT2D eigenvalue weighted by atomic mass is 35.5. The maximum Gasteiger partial charge on any atom is 0.231 e. The van der Waals surface area contributed by atoms with Crippen LogP contribution in [0.2, 0.25) is 0 Å². The Morgan fingerprint density at radius 2 is 2.14 bits per heavy atom. The normalized spacial score (nSPS) is 18.9. The van der Waals surface area contributed by atoms with Crippen molar-refractivity contribution < 1.29 is 4.52 Å². The first-order valence-corrected chi connectivity index (χ1v) is 7.58. The van der Waals surface area contributed by atoms with E-state index in [0.717, 1.165) is 25.5 Å². The SMILES string of the molecule is CNC1CCCN(Cc2noc(Cc3ccccc3)n2)C1.Cl. The van der Waals surface area contributed by atoms with Gasteiger partial charge in [-0.2, -0.15) is 4.98 Å². The first kappa shape index (κ1) is 16.9. The maximum atomic E-state index is 5.36. The summed E-state index contributed by atoms with van der Waals surface area (Å²) in [6.07, 6.45) is 3.17. The molecular formula is C16H23ClN4O. The van der Waals surface area contributed by atoms with Crippen molar-refractivity contribution in [2.45, 2.75) is 31.8 Å². The molecule has 1 aliphatic rings. The molecule has 6 heteroatoms. The molecule has 22 heavy (non-hydrogen) atoms. The van der Waals surface area contributed by atoms with Gasteiger partial charge in [0.05, 0.1) is 13.0 Å². The van der Waals surface area contributed by atoms with Crippen LogP contribution in [0.3, 0.4) is 0 Å². The molecular weight excluding hydrogens is 300 g/mol. The van der Waals surface area contributed by atoms with Crippen molar-refractivity contribution in [1.29, 1.82) is 0 Å². The van der Waals surface area contributed by atoms with Crippen LogP contribution in [0.1, 0.15) is 30.1 Å². The predicted octanol–water partition coefficient (Wildman–Crippen LogP) is 2.27. The van der Waals surface area contributed by atoms with Gasteiger partial charge in [-0.3, -0.25) is 4.90 Å². The number of likely N-dealkylation sites (tertiary alicyclic amines) is 1. The van der Waals surface area contributed by atoms with E-state index in [0.29, 0.717) is 18.4 Å². The molecule has 2 aromatic rings. The molecule has 0 saturated carbocycles. The molecule has 0 aliphatic carbocycles. The first-order valence-electron chi connectivity index (χ1n) is 7.58. The third-order valence-corrected chi connectivity index (χ3v) is 3.99. The number of nitrogens with zero attached hydrogens (tertiary/aromatic N) is 3. The quantitative estimate of drug-likeness (QED) is 0.915. The topological polar surface area (TPSA) is 54.2 Å². The summed E-state index contributed by atoms with van der Waals surface area (Å²) in [5.74, 6) is 1.48. The van der Waals surface area contributed by atoms with Gasteiger partial charge in [-0.1, -0.05) is 35.5 Å². The van der Waals surface area contributed by atoms with Crippen LogP contribution in [0.4, 0.5) is 0 Å². The monoisotopic (exact) mass is 322 g/mol. The van der Waals surface area contributed by atoms with Gasteiger partial charge >= 0.3 is 0 Å². The predicted molar refractivity (Wildman–Crippen MR) is 88.2 cm³/mol. The van der Waals surface area contributed by atoms with Crippen molar-refractivity contribution in [1.82, 2.24) is 20.4 Å². The van der Waals surface area contributed by atoms with Crippen LogP contribution in [-0.2, 0) is 13.0 Å². The van der Waals surface area contributed by atoms with Crippen LogP contribution in [0, 0.1) is 0 Å². The molecule has 1 aromatic carbocycles. The second kappa shape index (κ2) is 8.27. The number of nitrogens with one attached hydrogen (secondary N) is 1. The zero-order valence-corrected chi connectivity index (χ0v) is 13.7. The molecule has 1 atom stereocenters. The summed E-state index contributed by atoms with van der Waals surface area (Å²) in [6.45, 7) is 2.94. The summed E-state index contributed by atoms with van der Waals surface area (Å²) < 4.78 is 5.36. The standard InChI is InChI=1S/C16H22N4O.ClH/c1-17-14-8-5-9-20(11-14)12-15-18-16(21-19-15)10-13-6-3-2-4-7-13;/h2-4,6-7,14,17H,5,8-12H2,1H3;1H. The van der Waals surface area contributed by atoms with Gasteiger partial charge in [0.1, 0.15) is 0 Å². The van der Waals surface area contributed by atoms with E-state index in [1.807, 2.05) is 25.2 Å². The van der Waals surface area contributed by atoms with E-state index in [1.54, 1.807) is 0 Å². The summed E-state index contributed by atoms with van der Waals surface area (Å²) in [5, 5.41) is 7.46. The molecule has 0 radical (unpaired) electrons. The molecule has 0 amide bonds. The van der Waals surface area contributed by atoms with Gasteiger partial charge in [0.2, 0.25) is 5.89 Å². The molecule has 1 fully saturated rings. The Balaban J connectivity index is 0.00000176. The smallest absolute Gasteiger partial charge is 0.231 e. The number of halogens is 1. The summed E-state index contributed by atoms with van der Waals surface area (Å²) >= 11 is 0. The van der Waals surface area contributed by atoms with E-state index in [1.165, 1.54) is 18.4 Å². The summed E-state index contributed by atoms with van der Waals surface area (Å²) in [6, 6.07) is 10.8. The number of piperidine rings is 1. The van der Waals surface area contributed by atoms with Crippen molar-refractivity contribution in [3.05, 3.63) is 47.6 Å². The van der Waals surface area contributed by atoms with Crippen molar-refractivity contribution >= 4 is 12.4 Å². The fraction of sp³-hybridized carbons (Fsp3) is 0.500. The number of rotatable bonds is 5. The molecule has 1 saturated heterocycles. The average Bonchev–Trinajstić information content (AvgIpc) is 2.95. The van der Waals surface area contributed by atoms with E-state index in [-0.39, 0.29) is 12.4 Å². The Hall–Kier alpha value is -1.43. The van der Waals surface area contributed by atoms with Gasteiger partial charge in [-0.05, 0) is 32.0 Å². The molecule has 2 heterocycles. The fourth-order valence-corrected chi connectivity index (χ4v) is 2.83. The van der Waals surface area contributed by atoms with Crippen LogP contribution < -0.4 is 5.32 Å². The van der Waals surface area contributed by atoms with Crippen LogP contribution in [0.25, 0.3) is 0 Å². The lowest BCUT2D eigenvalue weighted by atomic mass is 10.1. The summed E-state index contributed by atoms with van der Waals surface area (Å²) in [7, 11) is 2.03. The molecule has 3 rings (SSSR count). The van der Waals surface area contributed by atoms with Crippen molar-refractivity contribution in [3.63, 3.8) is 0 Å². The Morgan fingerprint density at radius 1 is 1.32 bits per heavy atom. The lowest BCUT2D eigenvalue weighted by Crippen LogP contribution is -2.44. The lowest BCUT2D eigenvalue weighted by Gasteiger charge is -2.31. The minimum absolute atomic E-state index is 0. The van der Waals surface area contributed by atoms with Crippen molar-refractivity contribution in [3.8, 4) is 0 Å². The van der Waals surface area contributed by atoms with E-state index in [9.17, 15) is 0 Å². The maximum absolute atomic E-state index is 5.36. The van der Waals surface area contributed by atoms with Crippen LogP contribution >= 0.6 is 12.4 Å². The van der Waals surface area contributed by atoms with E-state index in [4.69, 9.17) is 4.52 Å². The summed E-state index contributed by atoms with van der Waals surface area (Å²) in [5.41, 5.74) is 1.20. The highest BCUT2D eigenvalue weighted by molar-refractivity contribution is 5.85. The Kier molecular flexibility index (Phi) is 6.36. The van der Waals surface area contributed by atoms with Crippen LogP contribution in [-0.4, -0.2) is 41.2 Å². The number of hydrogen-bond donors (Lipinski definition) is 1. The largest absolute Gasteiger partial charge is 0.339 e. The van der Waals surface area contributed by atoms with E-state index < -0.39 is 0 Å². The van der Waals surface area contributed by atoms with Crippen LogP contribution in [0.5, 0.6) is 0 Å². The van der Waals surface area contributed by atoms with Crippen molar-refractivity contribution in [2.75, 3.05) is 20.1 Å². The second-order valence-corrected chi connectivity index (χ2v) is 5.63. The number of hydrogen-bond acceptors (Lipinski definition) is 5. The molecule has 0 bridgehead atoms. The van der Waals surface area contributed by atoms with Gasteiger partial charge < -0.3 is 9.84 Å². The van der Waals surface area contributed by atoms with Gasteiger partial charge in [-0.15, -0.1) is 12.4 Å². The minimum Gasteiger partial charge on any atom is -0.339 e. The minimum atomic E-state index is 0. The lowest BCUT2D eigenvalue weighted by molar-refractivity contribution is 0.182. The molecule has 5 nitrogen and oxygen atoms in total. The number of benzene rings is 1. The highest BCUT2D eigenvalue weighted by Crippen LogP contribution is 2.13. The average molecular weight is 323 g/mol. The van der Waals surface area contributed by atoms with Crippen molar-refractivity contribution in [2.24, 2.45) is 0 Å². The molecule has 1 aliphatic heterocycles. The second-order valence-electron chi connectivity index (χ2n) is 5.63. The highest BCUT2D eigenvalue weighted by Gasteiger charge is 2.20. The third kappa shape index (κ3) is 4.53. The third-order valence-electron chi connectivity index (χ3n) is 3.99. The Morgan fingerprint density at radius 3 is 2.91 bits per heavy atom. The van der Waals surface area contributed by atoms with Crippen LogP contribution in [0.15, 0.2) is 34.9 Å². The zero-order valence-electron chi connectivity index (χ0n) is 12.9. The van der Waals surface area contributed by atoms with E-state index in [2.05, 4.69) is 32.5 Å². The first-order chi connectivity index (χ1) is 10.3. The fourth-order valence-electron chi connectivity index (χ4n) is 2.83. The molecule has 1 N–H and O–H groups in total. The zero-order chi connectivity index (χ0) is 14.5. The number of aromatic nitrogens is 2. The van der Waals surface area contributed by atoms with Gasteiger partial charge in [0.15, 0.2) is 5.82 Å². The molecule has 1 unspecified atom stereocenters. The van der Waals surface area contributed by atoms with Gasteiger partial charge in [-0.25, -0.2) is 0 Å². The molecule has 0 spiro atoms. The molecule has 1 aromatic heterocycles. The Labute approximate surface area is 137 Å².